The van der Waals surface area contributed by atoms with Crippen LogP contribution in [0.5, 0.6) is 23.0 Å². The number of carbonyl (C=O) groups is 1. The summed E-state index contributed by atoms with van der Waals surface area (Å²) in [5.41, 5.74) is 1.28. The minimum absolute atomic E-state index is 0.0411. The summed E-state index contributed by atoms with van der Waals surface area (Å²) in [5, 5.41) is 12.7. The van der Waals surface area contributed by atoms with Gasteiger partial charge < -0.3 is 29.4 Å². The fourth-order valence-corrected chi connectivity index (χ4v) is 5.95. The van der Waals surface area contributed by atoms with E-state index in [1.165, 1.54) is 23.5 Å². The molecule has 0 bridgehead atoms. The second-order valence-electron chi connectivity index (χ2n) is 7.07. The lowest BCUT2D eigenvalue weighted by Gasteiger charge is -2.21. The molecule has 2 aliphatic heterocycles. The number of benzene rings is 2. The zero-order valence-electron chi connectivity index (χ0n) is 17.0. The Labute approximate surface area is 189 Å². The highest BCUT2D eigenvalue weighted by Gasteiger charge is 2.17. The van der Waals surface area contributed by atoms with E-state index in [0.717, 1.165) is 0 Å². The van der Waals surface area contributed by atoms with Gasteiger partial charge in [0, 0.05) is 12.6 Å². The van der Waals surface area contributed by atoms with Gasteiger partial charge in [0.05, 0.1) is 4.58 Å². The molecule has 4 rings (SSSR count). The first-order valence-corrected chi connectivity index (χ1v) is 12.2. The zero-order valence-corrected chi connectivity index (χ0v) is 18.6. The normalized spacial score (nSPS) is 16.5. The Balaban J connectivity index is 1.14. The summed E-state index contributed by atoms with van der Waals surface area (Å²) in [7, 11) is 0. The Bertz CT molecular complexity index is 873. The minimum atomic E-state index is -0.848. The molecule has 1 fully saturated rings. The Morgan fingerprint density at radius 3 is 2.61 bits per heavy atom. The van der Waals surface area contributed by atoms with Gasteiger partial charge in [-0.05, 0) is 47.8 Å². The van der Waals surface area contributed by atoms with Gasteiger partial charge in [0.1, 0.15) is 24.2 Å². The molecule has 0 radical (unpaired) electrons. The van der Waals surface area contributed by atoms with Gasteiger partial charge in [-0.25, -0.2) is 0 Å². The second-order valence-corrected chi connectivity index (χ2v) is 9.79. The van der Waals surface area contributed by atoms with Gasteiger partial charge in [0.15, 0.2) is 18.1 Å². The number of thioether (sulfide) groups is 2. The summed E-state index contributed by atoms with van der Waals surface area (Å²) in [4.78, 5) is 12.0. The third-order valence-corrected chi connectivity index (χ3v) is 7.69. The van der Waals surface area contributed by atoms with Crippen molar-refractivity contribution in [2.45, 2.75) is 17.1 Å². The molecule has 7 nitrogen and oxygen atoms in total. The number of ether oxygens (including phenoxy) is 4. The van der Waals surface area contributed by atoms with Gasteiger partial charge in [-0.2, -0.15) is 0 Å². The van der Waals surface area contributed by atoms with E-state index in [2.05, 4.69) is 17.4 Å². The molecule has 2 N–H and O–H groups in total. The van der Waals surface area contributed by atoms with E-state index in [9.17, 15) is 9.90 Å². The number of aliphatic hydroxyl groups is 1. The van der Waals surface area contributed by atoms with Crippen LogP contribution in [0.1, 0.15) is 16.6 Å². The van der Waals surface area contributed by atoms with E-state index < -0.39 is 6.10 Å². The van der Waals surface area contributed by atoms with Crippen molar-refractivity contribution in [3.05, 3.63) is 48.0 Å². The monoisotopic (exact) mass is 463 g/mol. The molecule has 166 valence electrons. The molecule has 2 aromatic carbocycles. The van der Waals surface area contributed by atoms with Crippen LogP contribution in [0, 0.1) is 0 Å². The number of nitrogens with one attached hydrogen (secondary N) is 1. The van der Waals surface area contributed by atoms with Crippen molar-refractivity contribution in [3.8, 4) is 23.0 Å². The topological polar surface area (TPSA) is 86.3 Å². The molecule has 9 heteroatoms. The molecular weight excluding hydrogens is 438 g/mol. The average Bonchev–Trinajstić information content (AvgIpc) is 3.29. The zero-order chi connectivity index (χ0) is 21.5. The lowest BCUT2D eigenvalue weighted by atomic mass is 10.2. The van der Waals surface area contributed by atoms with E-state index in [1.807, 2.05) is 35.7 Å². The van der Waals surface area contributed by atoms with Crippen LogP contribution in [0.3, 0.4) is 0 Å². The predicted octanol–water partition coefficient (Wildman–Crippen LogP) is 3.22. The Morgan fingerprint density at radius 2 is 1.81 bits per heavy atom. The fraction of sp³-hybridized carbons (Fsp3) is 0.409. The average molecular weight is 464 g/mol. The van der Waals surface area contributed by atoms with Crippen molar-refractivity contribution in [1.29, 1.82) is 0 Å². The smallest absolute Gasteiger partial charge is 0.258 e. The molecular formula is C22H25NO6S2. The van der Waals surface area contributed by atoms with E-state index in [4.69, 9.17) is 18.9 Å². The van der Waals surface area contributed by atoms with E-state index in [1.54, 1.807) is 18.2 Å². The van der Waals surface area contributed by atoms with Crippen LogP contribution in [0.4, 0.5) is 0 Å². The van der Waals surface area contributed by atoms with Gasteiger partial charge in [-0.1, -0.05) is 12.1 Å². The van der Waals surface area contributed by atoms with Gasteiger partial charge in [-0.3, -0.25) is 4.79 Å². The van der Waals surface area contributed by atoms with Crippen molar-refractivity contribution in [2.75, 3.05) is 38.1 Å². The van der Waals surface area contributed by atoms with Crippen LogP contribution >= 0.6 is 23.5 Å². The predicted molar refractivity (Wildman–Crippen MR) is 121 cm³/mol. The number of fused-ring (bicyclic) bond motifs is 1. The van der Waals surface area contributed by atoms with Crippen LogP contribution in [0.15, 0.2) is 42.5 Å². The molecule has 0 spiro atoms. The molecule has 1 amide bonds. The first-order chi connectivity index (χ1) is 15.2. The lowest BCUT2D eigenvalue weighted by molar-refractivity contribution is -0.123. The summed E-state index contributed by atoms with van der Waals surface area (Å²) >= 11 is 3.94. The summed E-state index contributed by atoms with van der Waals surface area (Å²) in [6, 6.07) is 13.1. The Hall–Kier alpha value is -2.23. The number of hydrogen-bond donors (Lipinski definition) is 2. The molecule has 2 aliphatic rings. The maximum atomic E-state index is 12.0. The second kappa shape index (κ2) is 10.9. The quantitative estimate of drug-likeness (QED) is 0.586. The van der Waals surface area contributed by atoms with Crippen molar-refractivity contribution in [2.24, 2.45) is 0 Å². The number of carbonyl (C=O) groups excluding carboxylic acids is 1. The third-order valence-electron chi connectivity index (χ3n) is 4.67. The van der Waals surface area contributed by atoms with Crippen LogP contribution in [0.2, 0.25) is 0 Å². The van der Waals surface area contributed by atoms with E-state index in [-0.39, 0.29) is 32.5 Å². The van der Waals surface area contributed by atoms with Gasteiger partial charge in [0.25, 0.3) is 5.91 Å². The van der Waals surface area contributed by atoms with Crippen LogP contribution in [0.25, 0.3) is 0 Å². The maximum absolute atomic E-state index is 12.0. The molecule has 1 atom stereocenters. The molecule has 1 unspecified atom stereocenters. The van der Waals surface area contributed by atoms with Gasteiger partial charge >= 0.3 is 0 Å². The highest BCUT2D eigenvalue weighted by atomic mass is 32.2. The van der Waals surface area contributed by atoms with Crippen LogP contribution in [-0.2, 0) is 4.79 Å². The SMILES string of the molecule is O=C(COc1ccc(C2SCCCS2)cc1)NCC(O)COc1ccc2c(c1)OCO2. The summed E-state index contributed by atoms with van der Waals surface area (Å²) < 4.78 is 22.1. The summed E-state index contributed by atoms with van der Waals surface area (Å²) in [6.45, 7) is 0.196. The maximum Gasteiger partial charge on any atom is 0.258 e. The molecule has 0 aliphatic carbocycles. The molecule has 1 saturated heterocycles. The first-order valence-electron chi connectivity index (χ1n) is 10.1. The number of aliphatic hydroxyl groups excluding tert-OH is 1. The Kier molecular flexibility index (Phi) is 7.71. The number of amides is 1. The van der Waals surface area contributed by atoms with Crippen molar-refractivity contribution in [3.63, 3.8) is 0 Å². The number of hydrogen-bond acceptors (Lipinski definition) is 8. The molecule has 2 heterocycles. The van der Waals surface area contributed by atoms with Crippen LogP contribution in [-0.4, -0.2) is 55.2 Å². The highest BCUT2D eigenvalue weighted by Crippen LogP contribution is 2.43. The molecule has 0 aromatic heterocycles. The Morgan fingerprint density at radius 1 is 1.06 bits per heavy atom. The largest absolute Gasteiger partial charge is 0.491 e. The molecule has 2 aromatic rings. The minimum Gasteiger partial charge on any atom is -0.491 e. The first kappa shape index (κ1) is 22.0. The highest BCUT2D eigenvalue weighted by molar-refractivity contribution is 8.16. The van der Waals surface area contributed by atoms with Gasteiger partial charge in [-0.15, -0.1) is 23.5 Å². The van der Waals surface area contributed by atoms with Crippen molar-refractivity contribution in [1.82, 2.24) is 5.32 Å². The van der Waals surface area contributed by atoms with Gasteiger partial charge in [0.2, 0.25) is 6.79 Å². The van der Waals surface area contributed by atoms with Crippen molar-refractivity contribution >= 4 is 29.4 Å². The summed E-state index contributed by atoms with van der Waals surface area (Å²) in [5.74, 6) is 4.59. The third kappa shape index (κ3) is 6.38. The summed E-state index contributed by atoms with van der Waals surface area (Å²) in [6.07, 6.45) is 0.417. The standard InChI is InChI=1S/C22H25NO6S2/c24-16(12-26-18-6-7-19-20(10-18)29-14-28-19)11-23-21(25)13-27-17-4-2-15(3-5-17)22-30-8-1-9-31-22/h2-7,10,16,22,24H,1,8-9,11-14H2,(H,23,25). The van der Waals surface area contributed by atoms with Crippen molar-refractivity contribution < 1.29 is 28.8 Å². The number of rotatable bonds is 9. The van der Waals surface area contributed by atoms with E-state index >= 15 is 0 Å². The molecule has 0 saturated carbocycles. The lowest BCUT2D eigenvalue weighted by Crippen LogP contribution is -2.37. The fourth-order valence-electron chi connectivity index (χ4n) is 3.05. The van der Waals surface area contributed by atoms with Crippen LogP contribution < -0.4 is 24.3 Å². The van der Waals surface area contributed by atoms with E-state index in [0.29, 0.717) is 27.6 Å². The molecule has 31 heavy (non-hydrogen) atoms.